The molecule has 2 aromatic carbocycles. The lowest BCUT2D eigenvalue weighted by atomic mass is 10.1. The van der Waals surface area contributed by atoms with Crippen LogP contribution in [0.4, 0.5) is 0 Å². The fourth-order valence-corrected chi connectivity index (χ4v) is 2.23. The van der Waals surface area contributed by atoms with E-state index in [0.717, 1.165) is 5.56 Å². The maximum atomic E-state index is 12.0. The van der Waals surface area contributed by atoms with E-state index in [0.29, 0.717) is 11.3 Å². The highest BCUT2D eigenvalue weighted by Crippen LogP contribution is 2.17. The minimum absolute atomic E-state index is 0.0868. The molecule has 2 rings (SSSR count). The van der Waals surface area contributed by atoms with Gasteiger partial charge in [-0.2, -0.15) is 0 Å². The summed E-state index contributed by atoms with van der Waals surface area (Å²) in [7, 11) is 0. The third-order valence-corrected chi connectivity index (χ3v) is 3.76. The summed E-state index contributed by atoms with van der Waals surface area (Å²) >= 11 is 0. The number of carbonyl (C=O) groups excluding carboxylic acids is 1. The van der Waals surface area contributed by atoms with Gasteiger partial charge in [0, 0.05) is 0 Å². The minimum Gasteiger partial charge on any atom is -0.493 e. The van der Waals surface area contributed by atoms with Gasteiger partial charge in [0.2, 0.25) is 5.91 Å². The van der Waals surface area contributed by atoms with Crippen LogP contribution >= 0.6 is 0 Å². The van der Waals surface area contributed by atoms with E-state index >= 15 is 0 Å². The van der Waals surface area contributed by atoms with E-state index in [1.54, 1.807) is 30.3 Å². The van der Waals surface area contributed by atoms with Crippen LogP contribution in [0.2, 0.25) is 0 Å². The van der Waals surface area contributed by atoms with Crippen molar-refractivity contribution in [3.05, 3.63) is 65.2 Å². The summed E-state index contributed by atoms with van der Waals surface area (Å²) in [5.74, 6) is -0.761. The third kappa shape index (κ3) is 4.84. The maximum Gasteiger partial charge on any atom is 0.330 e. The summed E-state index contributed by atoms with van der Waals surface area (Å²) in [5, 5.41) is 11.8. The molecule has 0 radical (unpaired) electrons. The Balaban J connectivity index is 1.87. The molecular formula is C19H21NO4. The zero-order valence-corrected chi connectivity index (χ0v) is 13.8. The highest BCUT2D eigenvalue weighted by atomic mass is 16.5. The number of nitrogens with one attached hydrogen (secondary N) is 1. The quantitative estimate of drug-likeness (QED) is 0.819. The van der Waals surface area contributed by atoms with Crippen molar-refractivity contribution < 1.29 is 19.4 Å². The van der Waals surface area contributed by atoms with Crippen molar-refractivity contribution in [1.29, 1.82) is 0 Å². The molecule has 1 amide bonds. The Morgan fingerprint density at radius 1 is 1.08 bits per heavy atom. The van der Waals surface area contributed by atoms with Crippen LogP contribution in [-0.4, -0.2) is 23.6 Å². The highest BCUT2D eigenvalue weighted by Gasteiger charge is 2.21. The molecule has 2 aromatic rings. The Labute approximate surface area is 141 Å². The largest absolute Gasteiger partial charge is 0.493 e. The smallest absolute Gasteiger partial charge is 0.330 e. The first-order valence-corrected chi connectivity index (χ1v) is 7.74. The molecule has 0 saturated heterocycles. The number of benzene rings is 2. The van der Waals surface area contributed by atoms with Crippen molar-refractivity contribution in [2.24, 2.45) is 0 Å². The Kier molecular flexibility index (Phi) is 5.95. The van der Waals surface area contributed by atoms with Gasteiger partial charge in [-0.3, -0.25) is 4.79 Å². The minimum atomic E-state index is -1.09. The summed E-state index contributed by atoms with van der Waals surface area (Å²) in [5.41, 5.74) is 2.83. The van der Waals surface area contributed by atoms with Crippen LogP contribution < -0.4 is 10.1 Å². The number of aliphatic carboxylic acids is 1. The molecular weight excluding hydrogens is 306 g/mol. The molecule has 24 heavy (non-hydrogen) atoms. The molecule has 0 aliphatic rings. The number of rotatable bonds is 7. The molecule has 0 aliphatic carbocycles. The second-order valence-corrected chi connectivity index (χ2v) is 5.59. The van der Waals surface area contributed by atoms with Gasteiger partial charge in [0.15, 0.2) is 6.04 Å². The zero-order valence-electron chi connectivity index (χ0n) is 13.8. The topological polar surface area (TPSA) is 75.6 Å². The van der Waals surface area contributed by atoms with Crippen LogP contribution in [0.15, 0.2) is 48.5 Å². The summed E-state index contributed by atoms with van der Waals surface area (Å²) in [6.07, 6.45) is 0.0868. The molecule has 0 unspecified atom stereocenters. The summed E-state index contributed by atoms with van der Waals surface area (Å²) in [6.45, 7) is 4.20. The standard InChI is InChI=1S/C19H21NO4/c1-13-8-9-16(12-14(13)2)24-11-10-17(21)20-18(19(22)23)15-6-4-3-5-7-15/h3-9,12,18H,10-11H2,1-2H3,(H,20,21)(H,22,23)/t18-/m0/s1. The predicted molar refractivity (Wildman–Crippen MR) is 91.0 cm³/mol. The lowest BCUT2D eigenvalue weighted by Crippen LogP contribution is -2.34. The predicted octanol–water partition coefficient (Wildman–Crippen LogP) is 3.01. The molecule has 0 aromatic heterocycles. The number of aryl methyl sites for hydroxylation is 2. The van der Waals surface area contributed by atoms with Crippen molar-refractivity contribution in [1.82, 2.24) is 5.32 Å². The SMILES string of the molecule is Cc1ccc(OCCC(=O)N[C@H](C(=O)O)c2ccccc2)cc1C. The van der Waals surface area contributed by atoms with E-state index in [1.807, 2.05) is 32.0 Å². The van der Waals surface area contributed by atoms with Crippen molar-refractivity contribution in [2.45, 2.75) is 26.3 Å². The summed E-state index contributed by atoms with van der Waals surface area (Å²) in [4.78, 5) is 23.3. The van der Waals surface area contributed by atoms with E-state index in [9.17, 15) is 14.7 Å². The molecule has 0 fully saturated rings. The molecule has 1 atom stereocenters. The molecule has 0 bridgehead atoms. The summed E-state index contributed by atoms with van der Waals surface area (Å²) in [6, 6.07) is 13.3. The molecule has 5 heteroatoms. The van der Waals surface area contributed by atoms with E-state index in [4.69, 9.17) is 4.74 Å². The average Bonchev–Trinajstić information content (AvgIpc) is 2.56. The van der Waals surface area contributed by atoms with Gasteiger partial charge in [0.05, 0.1) is 13.0 Å². The van der Waals surface area contributed by atoms with Crippen LogP contribution in [-0.2, 0) is 9.59 Å². The van der Waals surface area contributed by atoms with Gasteiger partial charge in [-0.05, 0) is 42.7 Å². The number of carboxylic acid groups (broad SMARTS) is 1. The Morgan fingerprint density at radius 3 is 2.42 bits per heavy atom. The highest BCUT2D eigenvalue weighted by molar-refractivity contribution is 5.84. The average molecular weight is 327 g/mol. The van der Waals surface area contributed by atoms with E-state index in [2.05, 4.69) is 5.32 Å². The van der Waals surface area contributed by atoms with E-state index in [1.165, 1.54) is 5.56 Å². The second kappa shape index (κ2) is 8.15. The second-order valence-electron chi connectivity index (χ2n) is 5.59. The number of ether oxygens (including phenoxy) is 1. The van der Waals surface area contributed by atoms with Gasteiger partial charge in [-0.15, -0.1) is 0 Å². The van der Waals surface area contributed by atoms with E-state index < -0.39 is 12.0 Å². The van der Waals surface area contributed by atoms with Gasteiger partial charge < -0.3 is 15.2 Å². The first-order valence-electron chi connectivity index (χ1n) is 7.74. The lowest BCUT2D eigenvalue weighted by Gasteiger charge is -2.15. The van der Waals surface area contributed by atoms with E-state index in [-0.39, 0.29) is 18.9 Å². The monoisotopic (exact) mass is 327 g/mol. The summed E-state index contributed by atoms with van der Waals surface area (Å²) < 4.78 is 5.55. The number of carboxylic acids is 1. The van der Waals surface area contributed by atoms with Gasteiger partial charge >= 0.3 is 5.97 Å². The first-order chi connectivity index (χ1) is 11.5. The molecule has 5 nitrogen and oxygen atoms in total. The Bertz CT molecular complexity index is 713. The van der Waals surface area contributed by atoms with Gasteiger partial charge in [0.1, 0.15) is 5.75 Å². The molecule has 0 spiro atoms. The molecule has 126 valence electrons. The fourth-order valence-electron chi connectivity index (χ4n) is 2.23. The van der Waals surface area contributed by atoms with Crippen molar-refractivity contribution in [3.8, 4) is 5.75 Å². The number of amides is 1. The van der Waals surface area contributed by atoms with Crippen LogP contribution in [0.25, 0.3) is 0 Å². The van der Waals surface area contributed by atoms with Crippen LogP contribution in [0.5, 0.6) is 5.75 Å². The Hall–Kier alpha value is -2.82. The third-order valence-electron chi connectivity index (χ3n) is 3.76. The zero-order chi connectivity index (χ0) is 17.5. The molecule has 0 saturated carbocycles. The number of carbonyl (C=O) groups is 2. The normalized spacial score (nSPS) is 11.6. The molecule has 0 aliphatic heterocycles. The van der Waals surface area contributed by atoms with Crippen molar-refractivity contribution in [2.75, 3.05) is 6.61 Å². The van der Waals surface area contributed by atoms with Gasteiger partial charge in [-0.1, -0.05) is 36.4 Å². The maximum absolute atomic E-state index is 12.0. The Morgan fingerprint density at radius 2 is 1.79 bits per heavy atom. The van der Waals surface area contributed by atoms with Crippen molar-refractivity contribution >= 4 is 11.9 Å². The van der Waals surface area contributed by atoms with Crippen LogP contribution in [0, 0.1) is 13.8 Å². The van der Waals surface area contributed by atoms with Crippen molar-refractivity contribution in [3.63, 3.8) is 0 Å². The fraction of sp³-hybridized carbons (Fsp3) is 0.263. The van der Waals surface area contributed by atoms with Crippen LogP contribution in [0.1, 0.15) is 29.2 Å². The molecule has 0 heterocycles. The molecule has 2 N–H and O–H groups in total. The number of hydrogen-bond donors (Lipinski definition) is 2. The number of hydrogen-bond acceptors (Lipinski definition) is 3. The van der Waals surface area contributed by atoms with Gasteiger partial charge in [-0.25, -0.2) is 4.79 Å². The van der Waals surface area contributed by atoms with Crippen LogP contribution in [0.3, 0.4) is 0 Å². The van der Waals surface area contributed by atoms with Gasteiger partial charge in [0.25, 0.3) is 0 Å². The lowest BCUT2D eigenvalue weighted by molar-refractivity contribution is -0.142. The first kappa shape index (κ1) is 17.5.